The molecular weight excluding hydrogens is 216 g/mol. The summed E-state index contributed by atoms with van der Waals surface area (Å²) in [5, 5.41) is 11.3. The highest BCUT2D eigenvalue weighted by molar-refractivity contribution is 6.32. The van der Waals surface area contributed by atoms with E-state index in [0.717, 1.165) is 0 Å². The van der Waals surface area contributed by atoms with Crippen molar-refractivity contribution in [1.82, 2.24) is 0 Å². The van der Waals surface area contributed by atoms with Crippen LogP contribution in [-0.2, 0) is 4.79 Å². The molecule has 1 rings (SSSR count). The van der Waals surface area contributed by atoms with E-state index >= 15 is 0 Å². The van der Waals surface area contributed by atoms with E-state index in [2.05, 4.69) is 5.32 Å². The number of nitriles is 1. The van der Waals surface area contributed by atoms with Gasteiger partial charge >= 0.3 is 0 Å². The highest BCUT2D eigenvalue weighted by atomic mass is 35.5. The van der Waals surface area contributed by atoms with E-state index in [0.29, 0.717) is 16.5 Å². The number of carbonyl (C=O) groups excluding carboxylic acids is 1. The Balaban J connectivity index is 2.90. The Bertz CT molecular complexity index is 412. The summed E-state index contributed by atoms with van der Waals surface area (Å²) >= 11 is 5.85. The molecule has 0 aliphatic heterocycles. The molecule has 0 atom stereocenters. The summed E-state index contributed by atoms with van der Waals surface area (Å²) < 4.78 is 5.03. The van der Waals surface area contributed by atoms with Gasteiger partial charge in [-0.25, -0.2) is 0 Å². The third-order valence-electron chi connectivity index (χ3n) is 1.68. The van der Waals surface area contributed by atoms with Gasteiger partial charge in [0.15, 0.2) is 5.75 Å². The highest BCUT2D eigenvalue weighted by Gasteiger charge is 2.09. The smallest absolute Gasteiger partial charge is 0.238 e. The highest BCUT2D eigenvalue weighted by Crippen LogP contribution is 2.32. The molecule has 0 radical (unpaired) electrons. The second-order valence-corrected chi connectivity index (χ2v) is 3.11. The molecule has 4 nitrogen and oxygen atoms in total. The average Bonchev–Trinajstić information content (AvgIpc) is 2.18. The van der Waals surface area contributed by atoms with Crippen molar-refractivity contribution in [2.75, 3.05) is 12.4 Å². The fourth-order valence-electron chi connectivity index (χ4n) is 1.08. The molecule has 0 saturated carbocycles. The largest absolute Gasteiger partial charge is 0.493 e. The summed E-state index contributed by atoms with van der Waals surface area (Å²) in [6, 6.07) is 6.75. The van der Waals surface area contributed by atoms with Gasteiger partial charge in [-0.3, -0.25) is 4.79 Å². The number of amides is 1. The molecule has 78 valence electrons. The standard InChI is InChI=1S/C10H9ClN2O2/c1-15-10-7(11)3-2-4-8(10)13-9(14)5-6-12/h2-4H,5H2,1H3,(H,13,14). The average molecular weight is 225 g/mol. The minimum Gasteiger partial charge on any atom is -0.493 e. The Morgan fingerprint density at radius 3 is 3.00 bits per heavy atom. The molecule has 0 saturated heterocycles. The maximum atomic E-state index is 11.2. The quantitative estimate of drug-likeness (QED) is 0.856. The lowest BCUT2D eigenvalue weighted by molar-refractivity contribution is -0.115. The van der Waals surface area contributed by atoms with Crippen molar-refractivity contribution < 1.29 is 9.53 Å². The molecule has 0 aliphatic carbocycles. The zero-order chi connectivity index (χ0) is 11.3. The zero-order valence-corrected chi connectivity index (χ0v) is 8.84. The van der Waals surface area contributed by atoms with Crippen molar-refractivity contribution >= 4 is 23.2 Å². The number of nitrogens with zero attached hydrogens (tertiary/aromatic N) is 1. The van der Waals surface area contributed by atoms with Gasteiger partial charge in [-0.15, -0.1) is 0 Å². The molecular formula is C10H9ClN2O2. The van der Waals surface area contributed by atoms with E-state index in [1.807, 2.05) is 0 Å². The summed E-state index contributed by atoms with van der Waals surface area (Å²) in [6.07, 6.45) is -0.199. The molecule has 1 N–H and O–H groups in total. The van der Waals surface area contributed by atoms with Crippen molar-refractivity contribution in [2.45, 2.75) is 6.42 Å². The van der Waals surface area contributed by atoms with E-state index in [-0.39, 0.29) is 6.42 Å². The molecule has 0 aliphatic rings. The predicted molar refractivity (Wildman–Crippen MR) is 56.9 cm³/mol. The third kappa shape index (κ3) is 2.86. The summed E-state index contributed by atoms with van der Waals surface area (Å²) in [5.74, 6) is 0.00326. The molecule has 1 aromatic carbocycles. The summed E-state index contributed by atoms with van der Waals surface area (Å²) in [5.41, 5.74) is 0.463. The van der Waals surface area contributed by atoms with Crippen molar-refractivity contribution in [3.05, 3.63) is 23.2 Å². The second-order valence-electron chi connectivity index (χ2n) is 2.70. The Morgan fingerprint density at radius 2 is 2.40 bits per heavy atom. The molecule has 0 spiro atoms. The van der Waals surface area contributed by atoms with Crippen LogP contribution in [-0.4, -0.2) is 13.0 Å². The first-order valence-corrected chi connectivity index (χ1v) is 4.56. The van der Waals surface area contributed by atoms with Gasteiger partial charge in [0.2, 0.25) is 5.91 Å². The van der Waals surface area contributed by atoms with Crippen LogP contribution in [0.5, 0.6) is 5.75 Å². The van der Waals surface area contributed by atoms with E-state index < -0.39 is 5.91 Å². The van der Waals surface area contributed by atoms with E-state index in [1.165, 1.54) is 7.11 Å². The van der Waals surface area contributed by atoms with Crippen LogP contribution in [0.2, 0.25) is 5.02 Å². The second kappa shape index (κ2) is 5.23. The predicted octanol–water partition coefficient (Wildman–Crippen LogP) is 2.20. The first kappa shape index (κ1) is 11.3. The topological polar surface area (TPSA) is 62.1 Å². The summed E-state index contributed by atoms with van der Waals surface area (Å²) in [6.45, 7) is 0. The number of halogens is 1. The molecule has 15 heavy (non-hydrogen) atoms. The van der Waals surface area contributed by atoms with E-state index in [4.69, 9.17) is 21.6 Å². The Labute approximate surface area is 92.4 Å². The first-order valence-electron chi connectivity index (χ1n) is 4.18. The van der Waals surface area contributed by atoms with E-state index in [1.54, 1.807) is 24.3 Å². The molecule has 1 aromatic rings. The fourth-order valence-corrected chi connectivity index (χ4v) is 1.33. The summed E-state index contributed by atoms with van der Waals surface area (Å²) in [7, 11) is 1.46. The molecule has 5 heteroatoms. The van der Waals surface area contributed by atoms with Crippen molar-refractivity contribution in [2.24, 2.45) is 0 Å². The van der Waals surface area contributed by atoms with Crippen LogP contribution in [0.4, 0.5) is 5.69 Å². The van der Waals surface area contributed by atoms with Crippen LogP contribution < -0.4 is 10.1 Å². The van der Waals surface area contributed by atoms with Crippen molar-refractivity contribution in [3.8, 4) is 11.8 Å². The normalized spacial score (nSPS) is 9.13. The van der Waals surface area contributed by atoms with Crippen LogP contribution in [0.25, 0.3) is 0 Å². The summed E-state index contributed by atoms with van der Waals surface area (Å²) in [4.78, 5) is 11.2. The maximum Gasteiger partial charge on any atom is 0.238 e. The number of rotatable bonds is 3. The van der Waals surface area contributed by atoms with Gasteiger partial charge in [-0.1, -0.05) is 17.7 Å². The van der Waals surface area contributed by atoms with Crippen LogP contribution >= 0.6 is 11.6 Å². The Morgan fingerprint density at radius 1 is 1.67 bits per heavy atom. The first-order chi connectivity index (χ1) is 7.19. The number of hydrogen-bond acceptors (Lipinski definition) is 3. The van der Waals surface area contributed by atoms with Gasteiger partial charge in [-0.05, 0) is 12.1 Å². The number of ether oxygens (including phenoxy) is 1. The fraction of sp³-hybridized carbons (Fsp3) is 0.200. The van der Waals surface area contributed by atoms with E-state index in [9.17, 15) is 4.79 Å². The molecule has 0 bridgehead atoms. The lowest BCUT2D eigenvalue weighted by Crippen LogP contribution is -2.11. The molecule has 0 unspecified atom stereocenters. The minimum absolute atomic E-state index is 0.199. The van der Waals surface area contributed by atoms with Crippen LogP contribution in [0.3, 0.4) is 0 Å². The molecule has 0 heterocycles. The maximum absolute atomic E-state index is 11.2. The lowest BCUT2D eigenvalue weighted by Gasteiger charge is -2.09. The monoisotopic (exact) mass is 224 g/mol. The Hall–Kier alpha value is -1.73. The SMILES string of the molecule is COc1c(Cl)cccc1NC(=O)CC#N. The van der Waals surface area contributed by atoms with Crippen LogP contribution in [0.15, 0.2) is 18.2 Å². The van der Waals surface area contributed by atoms with Gasteiger partial charge in [0.25, 0.3) is 0 Å². The molecule has 1 amide bonds. The van der Waals surface area contributed by atoms with Crippen LogP contribution in [0, 0.1) is 11.3 Å². The number of para-hydroxylation sites is 1. The molecule has 0 fully saturated rings. The van der Waals surface area contributed by atoms with Crippen molar-refractivity contribution in [3.63, 3.8) is 0 Å². The van der Waals surface area contributed by atoms with Gasteiger partial charge in [0.05, 0.1) is 23.9 Å². The number of nitrogens with one attached hydrogen (secondary N) is 1. The van der Waals surface area contributed by atoms with Crippen LogP contribution in [0.1, 0.15) is 6.42 Å². The van der Waals surface area contributed by atoms with Crippen molar-refractivity contribution in [1.29, 1.82) is 5.26 Å². The number of carbonyl (C=O) groups is 1. The van der Waals surface area contributed by atoms with Gasteiger partial charge < -0.3 is 10.1 Å². The minimum atomic E-state index is -0.391. The number of anilines is 1. The number of hydrogen-bond donors (Lipinski definition) is 1. The number of benzene rings is 1. The lowest BCUT2D eigenvalue weighted by atomic mass is 10.3. The van der Waals surface area contributed by atoms with Gasteiger partial charge in [0, 0.05) is 0 Å². The number of methoxy groups -OCH3 is 1. The van der Waals surface area contributed by atoms with Gasteiger partial charge in [-0.2, -0.15) is 5.26 Å². The van der Waals surface area contributed by atoms with Gasteiger partial charge in [0.1, 0.15) is 6.42 Å². The third-order valence-corrected chi connectivity index (χ3v) is 1.98. The zero-order valence-electron chi connectivity index (χ0n) is 8.08. The Kier molecular flexibility index (Phi) is 3.95. The molecule has 0 aromatic heterocycles.